The fourth-order valence-electron chi connectivity index (χ4n) is 3.43. The fourth-order valence-corrected chi connectivity index (χ4v) is 3.43. The molecule has 4 N–H and O–H groups in total. The van der Waals surface area contributed by atoms with E-state index in [2.05, 4.69) is 48.2 Å². The van der Waals surface area contributed by atoms with Gasteiger partial charge in [0.15, 0.2) is 5.69 Å². The molecule has 0 saturated carbocycles. The van der Waals surface area contributed by atoms with Gasteiger partial charge in [0, 0.05) is 18.1 Å². The smallest absolute Gasteiger partial charge is 0.276 e. The van der Waals surface area contributed by atoms with Crippen molar-refractivity contribution in [2.24, 2.45) is 4.99 Å². The number of carbonyl (C=O) groups is 1. The number of fused-ring (bicyclic) bond motifs is 1. The molecule has 3 heterocycles. The molecule has 0 unspecified atom stereocenters. The van der Waals surface area contributed by atoms with Gasteiger partial charge in [-0.25, -0.2) is 9.97 Å². The van der Waals surface area contributed by atoms with E-state index in [9.17, 15) is 4.79 Å². The molecule has 0 aliphatic carbocycles. The van der Waals surface area contributed by atoms with Crippen LogP contribution in [-0.2, 0) is 0 Å². The molecule has 1 aliphatic heterocycles. The zero-order valence-electron chi connectivity index (χ0n) is 17.3. The summed E-state index contributed by atoms with van der Waals surface area (Å²) >= 11 is 0. The molecule has 1 amide bonds. The summed E-state index contributed by atoms with van der Waals surface area (Å²) in [5.74, 6) is -0.211. The number of hydrogen-bond acceptors (Lipinski definition) is 7. The highest BCUT2D eigenvalue weighted by molar-refractivity contribution is 6.11. The lowest BCUT2D eigenvalue weighted by molar-refractivity contribution is 0.102. The first-order valence-corrected chi connectivity index (χ1v) is 9.96. The van der Waals surface area contributed by atoms with E-state index in [1.165, 1.54) is 18.8 Å². The summed E-state index contributed by atoms with van der Waals surface area (Å²) in [4.78, 5) is 26.8. The van der Waals surface area contributed by atoms with Gasteiger partial charge in [-0.15, -0.1) is 0 Å². The molecule has 1 saturated heterocycles. The molecule has 1 aliphatic rings. The summed E-state index contributed by atoms with van der Waals surface area (Å²) in [7, 11) is 0. The van der Waals surface area contributed by atoms with E-state index < -0.39 is 0 Å². The van der Waals surface area contributed by atoms with Gasteiger partial charge in [0.1, 0.15) is 0 Å². The second-order valence-corrected chi connectivity index (χ2v) is 7.46. The van der Waals surface area contributed by atoms with Crippen molar-refractivity contribution in [3.63, 3.8) is 0 Å². The Morgan fingerprint density at radius 1 is 1.35 bits per heavy atom. The second-order valence-electron chi connectivity index (χ2n) is 7.46. The van der Waals surface area contributed by atoms with Crippen LogP contribution >= 0.6 is 0 Å². The summed E-state index contributed by atoms with van der Waals surface area (Å²) in [5, 5.41) is 10.6. The van der Waals surface area contributed by atoms with Crippen LogP contribution < -0.4 is 11.1 Å². The van der Waals surface area contributed by atoms with Gasteiger partial charge < -0.3 is 11.1 Å². The van der Waals surface area contributed by atoms with Crippen molar-refractivity contribution in [2.45, 2.75) is 13.3 Å². The molecular formula is C22H24N8O. The number of allylic oxidation sites excluding steroid dienone is 1. The first kappa shape index (κ1) is 20.4. The van der Waals surface area contributed by atoms with Crippen LogP contribution in [0.15, 0.2) is 53.4 Å². The van der Waals surface area contributed by atoms with E-state index in [0.29, 0.717) is 11.4 Å². The first-order valence-electron chi connectivity index (χ1n) is 9.96. The number of nitrogen functional groups attached to an aromatic ring is 1. The van der Waals surface area contributed by atoms with E-state index in [-0.39, 0.29) is 11.9 Å². The molecule has 3 aromatic rings. The van der Waals surface area contributed by atoms with E-state index >= 15 is 0 Å². The van der Waals surface area contributed by atoms with E-state index in [1.807, 2.05) is 25.1 Å². The third kappa shape index (κ3) is 4.67. The minimum absolute atomic E-state index is 0.143. The first-order chi connectivity index (χ1) is 15.0. The lowest BCUT2D eigenvalue weighted by atomic mass is 10.0. The van der Waals surface area contributed by atoms with Crippen LogP contribution in [0.4, 0.5) is 11.6 Å². The summed E-state index contributed by atoms with van der Waals surface area (Å²) < 4.78 is 0. The Balaban J connectivity index is 1.59. The quantitative estimate of drug-likeness (QED) is 0.402. The number of carbonyl (C=O) groups excluding carboxylic acids is 1. The monoisotopic (exact) mass is 416 g/mol. The van der Waals surface area contributed by atoms with Crippen molar-refractivity contribution in [1.29, 1.82) is 0 Å². The molecule has 0 atom stereocenters. The fraction of sp³-hybridized carbons (Fsp3) is 0.227. The normalized spacial score (nSPS) is 15.0. The highest BCUT2D eigenvalue weighted by Crippen LogP contribution is 2.24. The Morgan fingerprint density at radius 2 is 2.13 bits per heavy atom. The van der Waals surface area contributed by atoms with Gasteiger partial charge >= 0.3 is 0 Å². The Hall–Kier alpha value is -3.85. The van der Waals surface area contributed by atoms with Crippen molar-refractivity contribution < 1.29 is 4.79 Å². The lowest BCUT2D eigenvalue weighted by Gasteiger charge is -2.30. The molecule has 158 valence electrons. The molecule has 9 nitrogen and oxygen atoms in total. The number of amides is 1. The van der Waals surface area contributed by atoms with Crippen molar-refractivity contribution in [3.05, 3.63) is 59.7 Å². The van der Waals surface area contributed by atoms with Crippen LogP contribution in [0.1, 0.15) is 29.4 Å². The Morgan fingerprint density at radius 3 is 2.81 bits per heavy atom. The SMILES string of the molecule is C=N/C=C(\C=C(/C)c1ccc2[nH]nc(C(=O)Nc3cnc(N)nc3)c2c1)CN1CCC1. The van der Waals surface area contributed by atoms with E-state index in [1.54, 1.807) is 6.20 Å². The molecule has 1 fully saturated rings. The maximum absolute atomic E-state index is 12.7. The molecule has 9 heteroatoms. The van der Waals surface area contributed by atoms with Gasteiger partial charge in [0.2, 0.25) is 5.95 Å². The molecule has 0 spiro atoms. The third-order valence-corrected chi connectivity index (χ3v) is 5.18. The Labute approximate surface area is 179 Å². The van der Waals surface area contributed by atoms with Gasteiger partial charge in [-0.3, -0.25) is 19.8 Å². The summed E-state index contributed by atoms with van der Waals surface area (Å²) in [5.41, 5.74) is 10.2. The van der Waals surface area contributed by atoms with Crippen LogP contribution in [0.2, 0.25) is 0 Å². The highest BCUT2D eigenvalue weighted by Gasteiger charge is 2.17. The Bertz CT molecular complexity index is 1170. The average Bonchev–Trinajstić information content (AvgIpc) is 3.15. The number of benzene rings is 1. The maximum atomic E-state index is 12.7. The number of anilines is 2. The lowest BCUT2D eigenvalue weighted by Crippen LogP contribution is -2.38. The molecule has 0 bridgehead atoms. The van der Waals surface area contributed by atoms with Crippen LogP contribution in [0.3, 0.4) is 0 Å². The van der Waals surface area contributed by atoms with Crippen LogP contribution in [0, 0.1) is 0 Å². The summed E-state index contributed by atoms with van der Waals surface area (Å²) in [6, 6.07) is 5.88. The zero-order chi connectivity index (χ0) is 21.8. The number of H-pyrrole nitrogens is 1. The predicted molar refractivity (Wildman–Crippen MR) is 123 cm³/mol. The average molecular weight is 416 g/mol. The van der Waals surface area contributed by atoms with Gasteiger partial charge in [-0.2, -0.15) is 5.10 Å². The number of nitrogens with two attached hydrogens (primary N) is 1. The Kier molecular flexibility index (Phi) is 5.85. The molecule has 4 rings (SSSR count). The number of aromatic nitrogens is 4. The van der Waals surface area contributed by atoms with Crippen molar-refractivity contribution in [1.82, 2.24) is 25.1 Å². The van der Waals surface area contributed by atoms with Crippen molar-refractivity contribution in [3.8, 4) is 0 Å². The number of aromatic amines is 1. The summed E-state index contributed by atoms with van der Waals surface area (Å²) in [6.45, 7) is 8.70. The number of hydrogen-bond donors (Lipinski definition) is 3. The number of nitrogens with one attached hydrogen (secondary N) is 2. The molecule has 0 radical (unpaired) electrons. The molecular weight excluding hydrogens is 392 g/mol. The van der Waals surface area contributed by atoms with Crippen LogP contribution in [0.5, 0.6) is 0 Å². The maximum Gasteiger partial charge on any atom is 0.276 e. The minimum Gasteiger partial charge on any atom is -0.368 e. The third-order valence-electron chi connectivity index (χ3n) is 5.18. The number of likely N-dealkylation sites (tertiary alicyclic amines) is 1. The largest absolute Gasteiger partial charge is 0.368 e. The zero-order valence-corrected chi connectivity index (χ0v) is 17.3. The predicted octanol–water partition coefficient (Wildman–Crippen LogP) is 2.88. The van der Waals surface area contributed by atoms with Gasteiger partial charge in [-0.1, -0.05) is 12.1 Å². The highest BCUT2D eigenvalue weighted by atomic mass is 16.1. The van der Waals surface area contributed by atoms with Crippen molar-refractivity contribution in [2.75, 3.05) is 30.7 Å². The second kappa shape index (κ2) is 8.88. The van der Waals surface area contributed by atoms with Gasteiger partial charge in [-0.05, 0) is 62.0 Å². The topological polar surface area (TPSA) is 125 Å². The number of aliphatic imine (C=N–C) groups is 1. The van der Waals surface area contributed by atoms with Gasteiger partial charge in [0.05, 0.1) is 23.6 Å². The van der Waals surface area contributed by atoms with E-state index in [4.69, 9.17) is 5.73 Å². The van der Waals surface area contributed by atoms with Crippen LogP contribution in [-0.4, -0.2) is 57.3 Å². The summed E-state index contributed by atoms with van der Waals surface area (Å²) in [6.07, 6.45) is 8.05. The molecule has 31 heavy (non-hydrogen) atoms. The molecule has 2 aromatic heterocycles. The number of rotatable bonds is 7. The number of nitrogens with zero attached hydrogens (tertiary/aromatic N) is 5. The van der Waals surface area contributed by atoms with E-state index in [0.717, 1.165) is 47.2 Å². The van der Waals surface area contributed by atoms with Crippen LogP contribution in [0.25, 0.3) is 16.5 Å². The van der Waals surface area contributed by atoms with Gasteiger partial charge in [0.25, 0.3) is 5.91 Å². The minimum atomic E-state index is -0.354. The van der Waals surface area contributed by atoms with Crippen molar-refractivity contribution >= 4 is 40.7 Å². The molecule has 1 aromatic carbocycles. The standard InChI is InChI=1S/C22H24N8O/c1-14(8-15(10-24-2)13-30-6-3-7-30)16-4-5-19-18(9-16)20(29-28-19)21(31)27-17-11-25-22(23)26-12-17/h4-5,8-12H,2-3,6-7,13H2,1H3,(H,27,31)(H,28,29)(H2,23,25,26)/b14-8+,15-10+.